The molecule has 0 spiro atoms. The van der Waals surface area contributed by atoms with Crippen molar-refractivity contribution < 1.29 is 36.2 Å². The van der Waals surface area contributed by atoms with E-state index in [4.69, 9.17) is 10.5 Å². The van der Waals surface area contributed by atoms with Gasteiger partial charge in [0.25, 0.3) is 0 Å². The van der Waals surface area contributed by atoms with Crippen molar-refractivity contribution >= 4 is 0 Å². The van der Waals surface area contributed by atoms with Crippen LogP contribution in [0, 0.1) is 0 Å². The van der Waals surface area contributed by atoms with E-state index in [0.717, 1.165) is 0 Å². The van der Waals surface area contributed by atoms with E-state index >= 15 is 0 Å². The van der Waals surface area contributed by atoms with Crippen LogP contribution in [0.3, 0.4) is 0 Å². The number of alkyl halides is 2. The molecule has 3 unspecified atom stereocenters. The van der Waals surface area contributed by atoms with E-state index in [1.54, 1.807) is 13.8 Å². The molecule has 1 rings (SSSR count). The van der Waals surface area contributed by atoms with Crippen LogP contribution in [0.15, 0.2) is 0 Å². The maximum absolute atomic E-state index is 9.34. The number of rotatable bonds is 2. The Kier molecular flexibility index (Phi) is 3.33. The summed E-state index contributed by atoms with van der Waals surface area (Å²) in [5.74, 6) is -1.13. The topological polar surface area (TPSA) is 75.7 Å². The molecule has 0 saturated carbocycles. The Labute approximate surface area is 82.4 Å². The summed E-state index contributed by atoms with van der Waals surface area (Å²) in [5.41, 5.74) is 5.71. The molecular formula is C7H15INO3-. The summed E-state index contributed by atoms with van der Waals surface area (Å²) in [6.07, 6.45) is 0.605. The van der Waals surface area contributed by atoms with Crippen molar-refractivity contribution in [1.82, 2.24) is 0 Å². The zero-order chi connectivity index (χ0) is 9.35. The van der Waals surface area contributed by atoms with Crippen LogP contribution < -0.4 is 26.9 Å². The third-order valence-electron chi connectivity index (χ3n) is 1.47. The van der Waals surface area contributed by atoms with Gasteiger partial charge in [-0.15, -0.1) is 0 Å². The molecule has 0 bridgehead atoms. The molecule has 0 aromatic rings. The van der Waals surface area contributed by atoms with Gasteiger partial charge in [-0.3, -0.25) is 0 Å². The first-order valence-electron chi connectivity index (χ1n) is 3.84. The van der Waals surface area contributed by atoms with Gasteiger partial charge in [0.05, 0.1) is 0 Å². The maximum atomic E-state index is 9.34. The van der Waals surface area contributed by atoms with Gasteiger partial charge in [-0.25, -0.2) is 0 Å². The number of ether oxygens (including phenoxy) is 1. The summed E-state index contributed by atoms with van der Waals surface area (Å²) in [7, 11) is 0. The average Bonchev–Trinajstić information content (AvgIpc) is 2.06. The van der Waals surface area contributed by atoms with Crippen LogP contribution in [0.5, 0.6) is 0 Å². The van der Waals surface area contributed by atoms with Crippen LogP contribution in [0.4, 0.5) is 0 Å². The molecule has 0 aliphatic carbocycles. The molecule has 0 aromatic carbocycles. The Morgan fingerprint density at radius 3 is 2.50 bits per heavy atom. The van der Waals surface area contributed by atoms with Crippen molar-refractivity contribution in [2.24, 2.45) is 5.73 Å². The van der Waals surface area contributed by atoms with Crippen molar-refractivity contribution in [2.75, 3.05) is 0 Å². The van der Waals surface area contributed by atoms with Gasteiger partial charge in [-0.1, -0.05) is 0 Å². The molecule has 74 valence electrons. The Bertz CT molecular complexity index is 159. The van der Waals surface area contributed by atoms with Gasteiger partial charge in [0.15, 0.2) is 0 Å². The first-order chi connectivity index (χ1) is 5.38. The predicted molar refractivity (Wildman–Crippen MR) is 39.8 cm³/mol. The van der Waals surface area contributed by atoms with E-state index in [0.29, 0.717) is 6.42 Å². The summed E-state index contributed by atoms with van der Waals surface area (Å²) < 4.78 is 4.92. The number of aliphatic hydroxyl groups is 2. The Hall–Kier alpha value is 0.570. The van der Waals surface area contributed by atoms with Crippen molar-refractivity contribution in [3.8, 4) is 0 Å². The van der Waals surface area contributed by atoms with E-state index in [-0.39, 0.29) is 14.3 Å². The van der Waals surface area contributed by atoms with Gasteiger partial charge in [0.1, 0.15) is 0 Å². The van der Waals surface area contributed by atoms with Crippen molar-refractivity contribution in [2.45, 2.75) is 40.3 Å². The average molecular weight is 288 g/mol. The van der Waals surface area contributed by atoms with Crippen LogP contribution in [-0.4, -0.2) is 30.3 Å². The number of halogens is 1. The molecule has 3 atom stereocenters. The number of hydrogen-bond donors (Lipinski definition) is 3. The SMILES string of the molecule is CC(C)(O)OC1[I-]C(O)CC1N. The number of hydrogen-bond acceptors (Lipinski definition) is 4. The van der Waals surface area contributed by atoms with Gasteiger partial charge in [-0.05, 0) is 0 Å². The van der Waals surface area contributed by atoms with Crippen LogP contribution >= 0.6 is 0 Å². The van der Waals surface area contributed by atoms with Gasteiger partial charge in [0.2, 0.25) is 0 Å². The van der Waals surface area contributed by atoms with Gasteiger partial charge in [0, 0.05) is 0 Å². The summed E-state index contributed by atoms with van der Waals surface area (Å²) in [6.45, 7) is 3.16. The van der Waals surface area contributed by atoms with Crippen molar-refractivity contribution in [3.05, 3.63) is 0 Å². The molecule has 1 fully saturated rings. The van der Waals surface area contributed by atoms with Crippen LogP contribution in [0.25, 0.3) is 0 Å². The van der Waals surface area contributed by atoms with E-state index in [1.807, 2.05) is 0 Å². The second kappa shape index (κ2) is 3.75. The number of nitrogens with two attached hydrogens (primary N) is 1. The van der Waals surface area contributed by atoms with Gasteiger partial charge >= 0.3 is 82.2 Å². The van der Waals surface area contributed by atoms with Gasteiger partial charge in [-0.2, -0.15) is 0 Å². The van der Waals surface area contributed by atoms with E-state index in [9.17, 15) is 10.2 Å². The summed E-state index contributed by atoms with van der Waals surface area (Å²) >= 11 is -0.444. The minimum atomic E-state index is -1.13. The summed E-state index contributed by atoms with van der Waals surface area (Å²) in [6, 6.07) is -0.112. The van der Waals surface area contributed by atoms with Crippen LogP contribution in [-0.2, 0) is 4.74 Å². The Balaban J connectivity index is 2.43. The van der Waals surface area contributed by atoms with E-state index < -0.39 is 27.0 Å². The minimum absolute atomic E-state index is 0.112. The molecule has 4 N–H and O–H groups in total. The van der Waals surface area contributed by atoms with Gasteiger partial charge < -0.3 is 0 Å². The second-order valence-corrected chi connectivity index (χ2v) is 6.76. The summed E-state index contributed by atoms with van der Waals surface area (Å²) in [5, 5.41) is 18.6. The fourth-order valence-corrected chi connectivity index (χ4v) is 4.30. The molecular weight excluding hydrogens is 273 g/mol. The molecule has 1 saturated heterocycles. The van der Waals surface area contributed by atoms with Crippen molar-refractivity contribution in [3.63, 3.8) is 0 Å². The Morgan fingerprint density at radius 2 is 2.17 bits per heavy atom. The predicted octanol–water partition coefficient (Wildman–Crippen LogP) is -3.80. The van der Waals surface area contributed by atoms with E-state index in [1.165, 1.54) is 0 Å². The monoisotopic (exact) mass is 288 g/mol. The molecule has 5 heteroatoms. The van der Waals surface area contributed by atoms with Crippen molar-refractivity contribution in [1.29, 1.82) is 0 Å². The molecule has 1 aliphatic rings. The third-order valence-corrected chi connectivity index (χ3v) is 4.70. The van der Waals surface area contributed by atoms with E-state index in [2.05, 4.69) is 0 Å². The standard InChI is InChI=1S/C7H15INO3/c1-7(2,11)12-6-4(9)3-5(10)8-6/h4-6,10-11H,3,9H2,1-2H3/q-1. The first kappa shape index (κ1) is 10.6. The third kappa shape index (κ3) is 3.14. The zero-order valence-electron chi connectivity index (χ0n) is 7.20. The second-order valence-electron chi connectivity index (χ2n) is 3.38. The van der Waals surface area contributed by atoms with Crippen LogP contribution in [0.1, 0.15) is 20.3 Å². The van der Waals surface area contributed by atoms with Crippen LogP contribution in [0.2, 0.25) is 0 Å². The fourth-order valence-electron chi connectivity index (χ4n) is 1.01. The fraction of sp³-hybridized carbons (Fsp3) is 1.00. The molecule has 0 aromatic heterocycles. The molecule has 0 amide bonds. The molecule has 1 aliphatic heterocycles. The quantitative estimate of drug-likeness (QED) is 0.277. The number of aliphatic hydroxyl groups excluding tert-OH is 1. The molecule has 12 heavy (non-hydrogen) atoms. The first-order valence-corrected chi connectivity index (χ1v) is 6.33. The summed E-state index contributed by atoms with van der Waals surface area (Å²) in [4.78, 5) is 0. The molecule has 4 nitrogen and oxygen atoms in total. The molecule has 1 heterocycles. The normalized spacial score (nSPS) is 37.9. The zero-order valence-corrected chi connectivity index (χ0v) is 9.35. The Morgan fingerprint density at radius 1 is 1.58 bits per heavy atom. The molecule has 0 radical (unpaired) electrons.